The standard InChI is InChI=1S/C42H39O12P/c1-47-38-37(52-41(45)34-25-15-6-16-26-34)36(35(51-40(44)33-23-13-5-14-24-33)29-48-39(43)32-21-11-4-12-22-32)53-42(38)54-55(46,49-27-30-17-7-2-8-18-30)50-28-31-19-9-3-10-20-31/h2-26,35-38,42H,27-29H2,1H3/t35-,36+,37+,38-,42-/m1/s1. The van der Waals surface area contributed by atoms with Crippen LogP contribution in [0.15, 0.2) is 152 Å². The lowest BCUT2D eigenvalue weighted by Gasteiger charge is -2.28. The van der Waals surface area contributed by atoms with Gasteiger partial charge in [-0.25, -0.2) is 18.9 Å². The second kappa shape index (κ2) is 19.2. The quantitative estimate of drug-likeness (QED) is 0.0523. The first-order valence-electron chi connectivity index (χ1n) is 17.4. The van der Waals surface area contributed by atoms with E-state index in [-0.39, 0.29) is 29.9 Å². The molecule has 0 saturated carbocycles. The van der Waals surface area contributed by atoms with Crippen LogP contribution >= 0.6 is 7.82 Å². The Morgan fingerprint density at radius 3 is 1.51 bits per heavy atom. The lowest BCUT2D eigenvalue weighted by Crippen LogP contribution is -2.46. The van der Waals surface area contributed by atoms with Crippen LogP contribution in [0.25, 0.3) is 0 Å². The van der Waals surface area contributed by atoms with Crippen LogP contribution in [0.1, 0.15) is 42.2 Å². The molecule has 0 unspecified atom stereocenters. The van der Waals surface area contributed by atoms with Crippen LogP contribution in [-0.2, 0) is 55.0 Å². The number of esters is 3. The van der Waals surface area contributed by atoms with Crippen molar-refractivity contribution in [1.82, 2.24) is 0 Å². The zero-order chi connectivity index (χ0) is 38.5. The van der Waals surface area contributed by atoms with Crippen LogP contribution in [0.4, 0.5) is 0 Å². The number of hydrogen-bond acceptors (Lipinski definition) is 12. The van der Waals surface area contributed by atoms with E-state index < -0.39 is 63.0 Å². The van der Waals surface area contributed by atoms with E-state index in [0.29, 0.717) is 11.1 Å². The van der Waals surface area contributed by atoms with E-state index in [4.69, 9.17) is 37.3 Å². The van der Waals surface area contributed by atoms with Crippen molar-refractivity contribution in [2.45, 2.75) is 43.9 Å². The van der Waals surface area contributed by atoms with Crippen molar-refractivity contribution in [3.8, 4) is 0 Å². The third-order valence-corrected chi connectivity index (χ3v) is 9.81. The van der Waals surface area contributed by atoms with E-state index >= 15 is 0 Å². The molecule has 0 aromatic heterocycles. The highest BCUT2D eigenvalue weighted by molar-refractivity contribution is 7.48. The van der Waals surface area contributed by atoms with Gasteiger partial charge in [0.05, 0.1) is 29.9 Å². The first kappa shape index (κ1) is 39.2. The molecule has 5 atom stereocenters. The molecule has 13 heteroatoms. The molecule has 55 heavy (non-hydrogen) atoms. The fourth-order valence-corrected chi connectivity index (χ4v) is 6.89. The van der Waals surface area contributed by atoms with Crippen LogP contribution in [-0.4, -0.2) is 62.3 Å². The normalized spacial score (nSPS) is 18.6. The first-order valence-corrected chi connectivity index (χ1v) is 18.9. The van der Waals surface area contributed by atoms with E-state index in [0.717, 1.165) is 0 Å². The summed E-state index contributed by atoms with van der Waals surface area (Å²) in [4.78, 5) is 40.2. The summed E-state index contributed by atoms with van der Waals surface area (Å²) in [6.45, 7) is -0.841. The minimum absolute atomic E-state index is 0.153. The van der Waals surface area contributed by atoms with Crippen molar-refractivity contribution in [3.63, 3.8) is 0 Å². The second-order valence-electron chi connectivity index (χ2n) is 12.3. The highest BCUT2D eigenvalue weighted by Crippen LogP contribution is 2.54. The Bertz CT molecular complexity index is 1970. The number of methoxy groups -OCH3 is 1. The summed E-state index contributed by atoms with van der Waals surface area (Å²) in [6.07, 6.45) is -7.04. The summed E-state index contributed by atoms with van der Waals surface area (Å²) in [6, 6.07) is 42.5. The number of carbonyl (C=O) groups excluding carboxylic acids is 3. The summed E-state index contributed by atoms with van der Waals surface area (Å²) < 4.78 is 61.9. The zero-order valence-corrected chi connectivity index (χ0v) is 30.7. The molecule has 0 amide bonds. The molecule has 0 aliphatic carbocycles. The molecule has 0 bridgehead atoms. The third kappa shape index (κ3) is 10.8. The Hall–Kier alpha value is -5.46. The number of phosphoric acid groups is 1. The highest BCUT2D eigenvalue weighted by atomic mass is 31.2. The average Bonchev–Trinajstić information content (AvgIpc) is 3.57. The molecule has 1 heterocycles. The predicted octanol–water partition coefficient (Wildman–Crippen LogP) is 7.59. The molecule has 1 saturated heterocycles. The molecule has 0 spiro atoms. The SMILES string of the molecule is CO[C@H]1[C@@H](OP(=O)(OCc2ccccc2)OCc2ccccc2)O[C@@H]([C@@H](COC(=O)c2ccccc2)OC(=O)c2ccccc2)[C@@H]1OC(=O)c1ccccc1. The van der Waals surface area contributed by atoms with Gasteiger partial charge in [0.1, 0.15) is 18.8 Å². The molecule has 0 N–H and O–H groups in total. The largest absolute Gasteiger partial charge is 0.477 e. The van der Waals surface area contributed by atoms with Crippen molar-refractivity contribution < 1.29 is 56.2 Å². The van der Waals surface area contributed by atoms with Crippen LogP contribution in [0.5, 0.6) is 0 Å². The van der Waals surface area contributed by atoms with E-state index in [1.54, 1.807) is 140 Å². The first-order chi connectivity index (χ1) is 26.8. The minimum Gasteiger partial charge on any atom is -0.458 e. The zero-order valence-electron chi connectivity index (χ0n) is 29.8. The Labute approximate surface area is 318 Å². The van der Waals surface area contributed by atoms with Crippen molar-refractivity contribution >= 4 is 25.7 Å². The molecule has 1 aliphatic rings. The molecule has 0 radical (unpaired) electrons. The molecule has 1 fully saturated rings. The minimum atomic E-state index is -4.51. The number of ether oxygens (including phenoxy) is 5. The summed E-state index contributed by atoms with van der Waals surface area (Å²) in [7, 11) is -3.19. The Kier molecular flexibility index (Phi) is 13.7. The van der Waals surface area contributed by atoms with Crippen LogP contribution in [0, 0.1) is 0 Å². The molecule has 1 aliphatic heterocycles. The number of hydrogen-bond donors (Lipinski definition) is 0. The van der Waals surface area contributed by atoms with Gasteiger partial charge < -0.3 is 23.7 Å². The van der Waals surface area contributed by atoms with E-state index in [1.165, 1.54) is 7.11 Å². The van der Waals surface area contributed by atoms with Crippen molar-refractivity contribution in [2.75, 3.05) is 13.7 Å². The Balaban J connectivity index is 1.32. The van der Waals surface area contributed by atoms with Gasteiger partial charge in [0.15, 0.2) is 18.5 Å². The van der Waals surface area contributed by atoms with Gasteiger partial charge in [0.25, 0.3) is 0 Å². The molecular weight excluding hydrogens is 727 g/mol. The summed E-state index contributed by atoms with van der Waals surface area (Å²) >= 11 is 0. The monoisotopic (exact) mass is 766 g/mol. The van der Waals surface area contributed by atoms with Gasteiger partial charge in [-0.2, -0.15) is 0 Å². The van der Waals surface area contributed by atoms with Crippen LogP contribution < -0.4 is 0 Å². The average molecular weight is 767 g/mol. The van der Waals surface area contributed by atoms with Crippen molar-refractivity contribution in [3.05, 3.63) is 179 Å². The van der Waals surface area contributed by atoms with Crippen LogP contribution in [0.2, 0.25) is 0 Å². The lowest BCUT2D eigenvalue weighted by atomic mass is 10.0. The fraction of sp³-hybridized carbons (Fsp3) is 0.214. The molecule has 5 aromatic carbocycles. The fourth-order valence-electron chi connectivity index (χ4n) is 5.65. The molecule has 5 aromatic rings. The summed E-state index contributed by atoms with van der Waals surface area (Å²) in [5, 5.41) is 0. The van der Waals surface area contributed by atoms with Gasteiger partial charge in [-0.1, -0.05) is 115 Å². The second-order valence-corrected chi connectivity index (χ2v) is 13.9. The number of rotatable bonds is 17. The van der Waals surface area contributed by atoms with Gasteiger partial charge >= 0.3 is 25.7 Å². The van der Waals surface area contributed by atoms with Gasteiger partial charge in [0.2, 0.25) is 0 Å². The molecule has 284 valence electrons. The topological polar surface area (TPSA) is 142 Å². The predicted molar refractivity (Wildman–Crippen MR) is 199 cm³/mol. The summed E-state index contributed by atoms with van der Waals surface area (Å²) in [5.74, 6) is -2.25. The Morgan fingerprint density at radius 2 is 1.04 bits per heavy atom. The van der Waals surface area contributed by atoms with Gasteiger partial charge in [-0.3, -0.25) is 13.6 Å². The summed E-state index contributed by atoms with van der Waals surface area (Å²) in [5.41, 5.74) is 2.02. The van der Waals surface area contributed by atoms with Crippen molar-refractivity contribution in [2.24, 2.45) is 0 Å². The maximum Gasteiger partial charge on any atom is 0.477 e. The maximum atomic E-state index is 14.5. The molecule has 6 rings (SSSR count). The van der Waals surface area contributed by atoms with Gasteiger partial charge in [-0.05, 0) is 47.5 Å². The highest BCUT2D eigenvalue weighted by Gasteiger charge is 2.55. The molecule has 12 nitrogen and oxygen atoms in total. The number of carbonyl (C=O) groups is 3. The van der Waals surface area contributed by atoms with Crippen molar-refractivity contribution in [1.29, 1.82) is 0 Å². The van der Waals surface area contributed by atoms with Crippen LogP contribution in [0.3, 0.4) is 0 Å². The Morgan fingerprint density at radius 1 is 0.600 bits per heavy atom. The lowest BCUT2D eigenvalue weighted by molar-refractivity contribution is -0.153. The number of benzene rings is 5. The maximum absolute atomic E-state index is 14.5. The van der Waals surface area contributed by atoms with E-state index in [1.807, 2.05) is 12.1 Å². The third-order valence-electron chi connectivity index (χ3n) is 8.45. The number of phosphoric ester groups is 1. The molecular formula is C42H39O12P. The van der Waals surface area contributed by atoms with Gasteiger partial charge in [0, 0.05) is 7.11 Å². The van der Waals surface area contributed by atoms with E-state index in [9.17, 15) is 18.9 Å². The van der Waals surface area contributed by atoms with E-state index in [2.05, 4.69) is 0 Å². The van der Waals surface area contributed by atoms with Gasteiger partial charge in [-0.15, -0.1) is 0 Å². The smallest absolute Gasteiger partial charge is 0.458 e.